The summed E-state index contributed by atoms with van der Waals surface area (Å²) in [7, 11) is 0. The standard InChI is InChI=1S/C28H33N3O2/c1-22(2)18-30(19-26-12-10-25(17-29)11-13-26)21-28(32)31(20-27-14-9-23(3)33-27)16-15-24-7-5-4-6-8-24/h4-14,22H,15-16,18-21H2,1-3H3. The van der Waals surface area contributed by atoms with Crippen LogP contribution in [0.4, 0.5) is 0 Å². The monoisotopic (exact) mass is 443 g/mol. The van der Waals surface area contributed by atoms with Crippen LogP contribution in [0.3, 0.4) is 0 Å². The number of carbonyl (C=O) groups is 1. The molecule has 0 aliphatic rings. The van der Waals surface area contributed by atoms with E-state index in [1.807, 2.05) is 66.4 Å². The van der Waals surface area contributed by atoms with E-state index in [2.05, 4.69) is 36.9 Å². The molecule has 0 N–H and O–H groups in total. The zero-order valence-electron chi connectivity index (χ0n) is 19.8. The molecule has 0 aliphatic heterocycles. The van der Waals surface area contributed by atoms with Crippen molar-refractivity contribution in [2.45, 2.75) is 40.3 Å². The summed E-state index contributed by atoms with van der Waals surface area (Å²) in [5, 5.41) is 9.05. The van der Waals surface area contributed by atoms with Crippen molar-refractivity contribution in [3.63, 3.8) is 0 Å². The van der Waals surface area contributed by atoms with E-state index < -0.39 is 0 Å². The van der Waals surface area contributed by atoms with Gasteiger partial charge in [0.15, 0.2) is 0 Å². The fourth-order valence-corrected chi connectivity index (χ4v) is 3.89. The summed E-state index contributed by atoms with van der Waals surface area (Å²) >= 11 is 0. The Morgan fingerprint density at radius 3 is 2.30 bits per heavy atom. The molecule has 2 aromatic carbocycles. The molecule has 0 fully saturated rings. The Bertz CT molecular complexity index is 1050. The highest BCUT2D eigenvalue weighted by atomic mass is 16.3. The van der Waals surface area contributed by atoms with E-state index in [1.165, 1.54) is 5.56 Å². The lowest BCUT2D eigenvalue weighted by Crippen LogP contribution is -2.41. The van der Waals surface area contributed by atoms with Gasteiger partial charge in [-0.2, -0.15) is 5.26 Å². The van der Waals surface area contributed by atoms with Crippen molar-refractivity contribution in [2.75, 3.05) is 19.6 Å². The summed E-state index contributed by atoms with van der Waals surface area (Å²) in [5.41, 5.74) is 2.95. The predicted octanol–water partition coefficient (Wildman–Crippen LogP) is 5.19. The molecule has 33 heavy (non-hydrogen) atoms. The molecule has 1 amide bonds. The smallest absolute Gasteiger partial charge is 0.237 e. The Morgan fingerprint density at radius 2 is 1.70 bits per heavy atom. The van der Waals surface area contributed by atoms with E-state index >= 15 is 0 Å². The fourth-order valence-electron chi connectivity index (χ4n) is 3.89. The molecule has 0 unspecified atom stereocenters. The van der Waals surface area contributed by atoms with Crippen molar-refractivity contribution in [1.29, 1.82) is 5.26 Å². The molecule has 0 saturated heterocycles. The van der Waals surface area contributed by atoms with E-state index in [0.29, 0.717) is 37.7 Å². The number of hydrogen-bond acceptors (Lipinski definition) is 4. The molecule has 0 radical (unpaired) electrons. The van der Waals surface area contributed by atoms with Gasteiger partial charge in [0.05, 0.1) is 24.7 Å². The van der Waals surface area contributed by atoms with Crippen LogP contribution in [0.1, 0.15) is 42.1 Å². The molecule has 1 aromatic heterocycles. The van der Waals surface area contributed by atoms with Gasteiger partial charge >= 0.3 is 0 Å². The molecule has 172 valence electrons. The maximum atomic E-state index is 13.5. The molecule has 0 aliphatic carbocycles. The lowest BCUT2D eigenvalue weighted by molar-refractivity contribution is -0.133. The van der Waals surface area contributed by atoms with Gasteiger partial charge in [0, 0.05) is 19.6 Å². The third kappa shape index (κ3) is 7.93. The van der Waals surface area contributed by atoms with Crippen LogP contribution in [-0.4, -0.2) is 35.3 Å². The number of aryl methyl sites for hydroxylation is 1. The molecule has 0 atom stereocenters. The van der Waals surface area contributed by atoms with Crippen LogP contribution < -0.4 is 0 Å². The van der Waals surface area contributed by atoms with Crippen molar-refractivity contribution in [3.05, 3.63) is 94.9 Å². The number of carbonyl (C=O) groups excluding carboxylic acids is 1. The van der Waals surface area contributed by atoms with Gasteiger partial charge in [0.25, 0.3) is 0 Å². The molecule has 3 rings (SSSR count). The molecule has 5 nitrogen and oxygen atoms in total. The first-order chi connectivity index (χ1) is 15.9. The van der Waals surface area contributed by atoms with E-state index in [1.54, 1.807) is 0 Å². The summed E-state index contributed by atoms with van der Waals surface area (Å²) < 4.78 is 5.77. The summed E-state index contributed by atoms with van der Waals surface area (Å²) in [4.78, 5) is 17.5. The van der Waals surface area contributed by atoms with Crippen LogP contribution in [0.2, 0.25) is 0 Å². The van der Waals surface area contributed by atoms with Crippen LogP contribution >= 0.6 is 0 Å². The molecule has 3 aromatic rings. The molecule has 1 heterocycles. The summed E-state index contributed by atoms with van der Waals surface area (Å²) in [5.74, 6) is 2.18. The highest BCUT2D eigenvalue weighted by Crippen LogP contribution is 2.14. The van der Waals surface area contributed by atoms with Crippen LogP contribution in [0.25, 0.3) is 0 Å². The van der Waals surface area contributed by atoms with E-state index in [-0.39, 0.29) is 5.91 Å². The number of benzene rings is 2. The molecule has 0 bridgehead atoms. The van der Waals surface area contributed by atoms with Gasteiger partial charge in [-0.05, 0) is 54.7 Å². The molecular formula is C28H33N3O2. The average molecular weight is 444 g/mol. The Balaban J connectivity index is 1.71. The van der Waals surface area contributed by atoms with Crippen molar-refractivity contribution >= 4 is 5.91 Å². The van der Waals surface area contributed by atoms with Crippen molar-refractivity contribution in [3.8, 4) is 6.07 Å². The molecular weight excluding hydrogens is 410 g/mol. The zero-order valence-corrected chi connectivity index (χ0v) is 19.8. The van der Waals surface area contributed by atoms with Gasteiger partial charge < -0.3 is 9.32 Å². The van der Waals surface area contributed by atoms with E-state index in [9.17, 15) is 4.79 Å². The second-order valence-corrected chi connectivity index (χ2v) is 8.94. The van der Waals surface area contributed by atoms with Crippen LogP contribution in [0, 0.1) is 24.2 Å². The fraction of sp³-hybridized carbons (Fsp3) is 0.357. The number of nitrogens with zero attached hydrogens (tertiary/aromatic N) is 3. The van der Waals surface area contributed by atoms with Crippen LogP contribution in [-0.2, 0) is 24.3 Å². The van der Waals surface area contributed by atoms with Gasteiger partial charge in [-0.25, -0.2) is 0 Å². The van der Waals surface area contributed by atoms with Gasteiger partial charge in [-0.15, -0.1) is 0 Å². The van der Waals surface area contributed by atoms with E-state index in [0.717, 1.165) is 30.0 Å². The number of hydrogen-bond donors (Lipinski definition) is 0. The number of amides is 1. The maximum absolute atomic E-state index is 13.5. The van der Waals surface area contributed by atoms with Crippen molar-refractivity contribution in [1.82, 2.24) is 9.80 Å². The SMILES string of the molecule is Cc1ccc(CN(CCc2ccccc2)C(=O)CN(Cc2ccc(C#N)cc2)CC(C)C)o1. The van der Waals surface area contributed by atoms with Gasteiger partial charge in [0.1, 0.15) is 11.5 Å². The highest BCUT2D eigenvalue weighted by molar-refractivity contribution is 5.78. The average Bonchev–Trinajstić information content (AvgIpc) is 3.22. The minimum atomic E-state index is 0.0919. The largest absolute Gasteiger partial charge is 0.464 e. The Morgan fingerprint density at radius 1 is 0.970 bits per heavy atom. The second kappa shape index (κ2) is 12.0. The summed E-state index contributed by atoms with van der Waals surface area (Å²) in [6, 6.07) is 23.9. The first kappa shape index (κ1) is 24.3. The minimum Gasteiger partial charge on any atom is -0.464 e. The van der Waals surface area contributed by atoms with Crippen LogP contribution in [0.5, 0.6) is 0 Å². The molecule has 0 spiro atoms. The Labute approximate surface area is 197 Å². The second-order valence-electron chi connectivity index (χ2n) is 8.94. The number of rotatable bonds is 11. The normalized spacial score (nSPS) is 11.0. The predicted molar refractivity (Wildman–Crippen MR) is 130 cm³/mol. The Kier molecular flexibility index (Phi) is 8.86. The van der Waals surface area contributed by atoms with Gasteiger partial charge in [0.2, 0.25) is 5.91 Å². The topological polar surface area (TPSA) is 60.5 Å². The quantitative estimate of drug-likeness (QED) is 0.409. The van der Waals surface area contributed by atoms with Gasteiger partial charge in [-0.3, -0.25) is 9.69 Å². The summed E-state index contributed by atoms with van der Waals surface area (Å²) in [6.45, 7) is 9.17. The van der Waals surface area contributed by atoms with Crippen molar-refractivity contribution in [2.24, 2.45) is 5.92 Å². The number of furan rings is 1. The first-order valence-corrected chi connectivity index (χ1v) is 11.5. The maximum Gasteiger partial charge on any atom is 0.237 e. The van der Waals surface area contributed by atoms with E-state index in [4.69, 9.17) is 9.68 Å². The van der Waals surface area contributed by atoms with Gasteiger partial charge in [-0.1, -0.05) is 56.3 Å². The van der Waals surface area contributed by atoms with Crippen LogP contribution in [0.15, 0.2) is 71.1 Å². The molecule has 0 saturated carbocycles. The summed E-state index contributed by atoms with van der Waals surface area (Å²) in [6.07, 6.45) is 0.798. The minimum absolute atomic E-state index is 0.0919. The van der Waals surface area contributed by atoms with Crippen molar-refractivity contribution < 1.29 is 9.21 Å². The Hall–Kier alpha value is -3.36. The lowest BCUT2D eigenvalue weighted by atomic mass is 10.1. The number of nitriles is 1. The third-order valence-electron chi connectivity index (χ3n) is 5.48. The lowest BCUT2D eigenvalue weighted by Gasteiger charge is -2.28. The zero-order chi connectivity index (χ0) is 23.6. The molecule has 5 heteroatoms. The third-order valence-corrected chi connectivity index (χ3v) is 5.48. The first-order valence-electron chi connectivity index (χ1n) is 11.5. The highest BCUT2D eigenvalue weighted by Gasteiger charge is 2.20.